The van der Waals surface area contributed by atoms with E-state index in [4.69, 9.17) is 23.9 Å². The van der Waals surface area contributed by atoms with Crippen molar-refractivity contribution >= 4 is 55.4 Å². The third-order valence-corrected chi connectivity index (χ3v) is 18.3. The summed E-state index contributed by atoms with van der Waals surface area (Å²) in [6.07, 6.45) is 6.29. The molecule has 1 spiro atoms. The molecule has 4 saturated heterocycles. The third kappa shape index (κ3) is 9.20. The highest BCUT2D eigenvalue weighted by molar-refractivity contribution is 7.90. The minimum atomic E-state index is -4.70. The molecule has 4 atom stereocenters. The fourth-order valence-electron chi connectivity index (χ4n) is 12.8. The number of hydrogen-bond donors (Lipinski definition) is 3. The van der Waals surface area contributed by atoms with Gasteiger partial charge in [0.2, 0.25) is 5.88 Å². The maximum Gasteiger partial charge on any atom is 0.297 e. The zero-order chi connectivity index (χ0) is 50.9. The van der Waals surface area contributed by atoms with Gasteiger partial charge >= 0.3 is 0 Å². The number of carbonyl (C=O) groups is 1. The summed E-state index contributed by atoms with van der Waals surface area (Å²) in [4.78, 5) is 46.3. The van der Waals surface area contributed by atoms with E-state index in [0.29, 0.717) is 67.8 Å². The Morgan fingerprint density at radius 1 is 0.932 bits per heavy atom. The van der Waals surface area contributed by atoms with Gasteiger partial charge < -0.3 is 39.0 Å². The first-order valence-electron chi connectivity index (χ1n) is 26.3. The largest absolute Gasteiger partial charge is 0.489 e. The van der Waals surface area contributed by atoms with Crippen molar-refractivity contribution in [3.05, 3.63) is 99.7 Å². The van der Waals surface area contributed by atoms with Crippen molar-refractivity contribution in [3.8, 4) is 11.6 Å². The first-order chi connectivity index (χ1) is 35.8. The first kappa shape index (κ1) is 48.9. The van der Waals surface area contributed by atoms with Crippen molar-refractivity contribution < 1.29 is 37.1 Å². The Hall–Kier alpha value is -6.03. The van der Waals surface area contributed by atoms with Crippen LogP contribution >= 0.6 is 0 Å². The number of fused-ring (bicyclic) bond motifs is 4. The van der Waals surface area contributed by atoms with E-state index in [2.05, 4.69) is 84.6 Å². The SMILES string of the molecule is Cc1ccccc1[C@@H]1COCCN1C1CC2(CCN(c3ccc(C(=O)NS(=O)(=O)c4cc5c(c([N+](=O)[O-])c4)N[C@H](CN4CCN(C(C)C)CC4)CO5)c(N4c5cc6cc[nH]c6nc5O[C@H]5COCC[C@@H]54)c3)CC2)C1. The highest BCUT2D eigenvalue weighted by Crippen LogP contribution is 2.54. The van der Waals surface area contributed by atoms with Crippen molar-refractivity contribution in [1.82, 2.24) is 29.4 Å². The molecular weight excluding hydrogens is 965 g/mol. The molecular formula is C54H66N10O9S. The maximum absolute atomic E-state index is 14.8. The molecule has 8 heterocycles. The number of nitrogens with zero attached hydrogens (tertiary/aromatic N) is 7. The number of morpholine rings is 1. The van der Waals surface area contributed by atoms with E-state index >= 15 is 0 Å². The van der Waals surface area contributed by atoms with Gasteiger partial charge in [-0.2, -0.15) is 4.98 Å². The van der Waals surface area contributed by atoms with Crippen LogP contribution in [-0.4, -0.2) is 160 Å². The molecule has 0 radical (unpaired) electrons. The summed E-state index contributed by atoms with van der Waals surface area (Å²) < 4.78 is 55.7. The Kier molecular flexibility index (Phi) is 12.9. The molecule has 1 amide bonds. The second kappa shape index (κ2) is 19.6. The molecule has 2 aromatic heterocycles. The number of rotatable bonds is 11. The lowest BCUT2D eigenvalue weighted by Crippen LogP contribution is -2.58. The Morgan fingerprint density at radius 3 is 2.51 bits per heavy atom. The number of hydrogen-bond acceptors (Lipinski definition) is 16. The van der Waals surface area contributed by atoms with E-state index in [1.54, 1.807) is 6.07 Å². The van der Waals surface area contributed by atoms with Gasteiger partial charge in [-0.1, -0.05) is 24.3 Å². The van der Waals surface area contributed by atoms with Gasteiger partial charge in [-0.25, -0.2) is 13.1 Å². The lowest BCUT2D eigenvalue weighted by Gasteiger charge is -2.57. The normalized spacial score (nSPS) is 24.5. The Morgan fingerprint density at radius 2 is 1.73 bits per heavy atom. The number of sulfonamides is 1. The number of H-pyrrole nitrogens is 1. The summed E-state index contributed by atoms with van der Waals surface area (Å²) in [6, 6.07) is 21.1. The number of anilines is 4. The summed E-state index contributed by atoms with van der Waals surface area (Å²) >= 11 is 0. The minimum absolute atomic E-state index is 0.0327. The van der Waals surface area contributed by atoms with Gasteiger partial charge in [0.1, 0.15) is 24.0 Å². The van der Waals surface area contributed by atoms with Gasteiger partial charge in [0.05, 0.1) is 59.0 Å². The lowest BCUT2D eigenvalue weighted by atomic mass is 9.59. The lowest BCUT2D eigenvalue weighted by molar-refractivity contribution is -0.384. The number of piperazine rings is 1. The number of nitro groups is 1. The van der Waals surface area contributed by atoms with Gasteiger partial charge in [-0.05, 0) is 99.7 Å². The summed E-state index contributed by atoms with van der Waals surface area (Å²) in [5.41, 5.74) is 5.35. The smallest absolute Gasteiger partial charge is 0.297 e. The number of benzene rings is 3. The Bertz CT molecular complexity index is 3060. The van der Waals surface area contributed by atoms with Crippen LogP contribution < -0.4 is 29.3 Å². The molecule has 20 heteroatoms. The number of aromatic nitrogens is 2. The molecule has 1 saturated carbocycles. The molecule has 7 aliphatic rings. The van der Waals surface area contributed by atoms with Crippen LogP contribution in [0.2, 0.25) is 0 Å². The fraction of sp³-hybridized carbons (Fsp3) is 0.519. The van der Waals surface area contributed by atoms with E-state index in [9.17, 15) is 23.3 Å². The number of piperidine rings is 1. The van der Waals surface area contributed by atoms with Gasteiger partial charge in [-0.15, -0.1) is 0 Å². The number of amides is 1. The molecule has 3 aromatic carbocycles. The minimum Gasteiger partial charge on any atom is -0.489 e. The van der Waals surface area contributed by atoms with Crippen molar-refractivity contribution in [2.45, 2.75) is 94.1 Å². The zero-order valence-corrected chi connectivity index (χ0v) is 43.1. The highest BCUT2D eigenvalue weighted by atomic mass is 32.2. The van der Waals surface area contributed by atoms with Gasteiger partial charge in [0.15, 0.2) is 11.4 Å². The first-order valence-corrected chi connectivity index (χ1v) is 27.8. The molecule has 74 heavy (non-hydrogen) atoms. The molecule has 3 N–H and O–H groups in total. The Labute approximate surface area is 431 Å². The van der Waals surface area contributed by atoms with E-state index in [0.717, 1.165) is 95.2 Å². The Balaban J connectivity index is 0.818. The second-order valence-electron chi connectivity index (χ2n) is 21.7. The quantitative estimate of drug-likeness (QED) is 0.0943. The molecule has 12 rings (SSSR count). The molecule has 0 unspecified atom stereocenters. The molecule has 392 valence electrons. The van der Waals surface area contributed by atoms with Crippen LogP contribution in [0.3, 0.4) is 0 Å². The fourth-order valence-corrected chi connectivity index (χ4v) is 13.8. The van der Waals surface area contributed by atoms with Crippen LogP contribution in [-0.2, 0) is 19.5 Å². The zero-order valence-electron chi connectivity index (χ0n) is 42.3. The summed E-state index contributed by atoms with van der Waals surface area (Å²) in [6.45, 7) is 15.7. The molecule has 0 bridgehead atoms. The summed E-state index contributed by atoms with van der Waals surface area (Å²) in [5, 5.41) is 16.8. The van der Waals surface area contributed by atoms with Crippen LogP contribution in [0.4, 0.5) is 28.4 Å². The number of aryl methyl sites for hydroxylation is 1. The van der Waals surface area contributed by atoms with Gasteiger partial charge in [-0.3, -0.25) is 29.6 Å². The molecule has 19 nitrogen and oxygen atoms in total. The number of carbonyl (C=O) groups excluding carboxylic acids is 1. The topological polar surface area (TPSA) is 200 Å². The van der Waals surface area contributed by atoms with Crippen molar-refractivity contribution in [1.29, 1.82) is 0 Å². The highest BCUT2D eigenvalue weighted by Gasteiger charge is 2.50. The number of pyridine rings is 1. The summed E-state index contributed by atoms with van der Waals surface area (Å²) in [7, 11) is -4.70. The van der Waals surface area contributed by atoms with Crippen LogP contribution in [0.25, 0.3) is 11.0 Å². The van der Waals surface area contributed by atoms with Crippen LogP contribution in [0.5, 0.6) is 11.6 Å². The van der Waals surface area contributed by atoms with Crippen LogP contribution in [0.1, 0.15) is 73.5 Å². The second-order valence-corrected chi connectivity index (χ2v) is 23.4. The van der Waals surface area contributed by atoms with E-state index in [-0.39, 0.29) is 47.1 Å². The van der Waals surface area contributed by atoms with E-state index < -0.39 is 37.5 Å². The van der Waals surface area contributed by atoms with Gasteiger partial charge in [0, 0.05) is 100 Å². The molecule has 1 aliphatic carbocycles. The predicted octanol–water partition coefficient (Wildman–Crippen LogP) is 6.61. The monoisotopic (exact) mass is 1030 g/mol. The van der Waals surface area contributed by atoms with Gasteiger partial charge in [0.25, 0.3) is 21.6 Å². The standard InChI is InChI=1S/C54H66N10O9S/c1-34(2)60-19-17-59(18-20-60)30-37-31-72-48-27-40(26-45(64(66)67)50(48)56-37)74(68,69)58-52(65)42-9-8-38(25-44(42)63-43-11-22-70-33-49(43)73-53-46(63)24-36-10-14-55-51(36)57-53)61-15-12-54(13-16-61)28-39(29-54)62-21-23-71-32-47(62)41-7-5-4-6-35(41)3/h4-10,14,24-27,34,37,39,43,47,49,56H,11-13,15-23,28-33H2,1-3H3,(H,55,57)(H,58,65)/t37-,43+,47+,49+/m1/s1. The third-order valence-electron chi connectivity index (χ3n) is 17.0. The van der Waals surface area contributed by atoms with E-state index in [1.807, 2.05) is 30.5 Å². The predicted molar refractivity (Wildman–Crippen MR) is 280 cm³/mol. The van der Waals surface area contributed by atoms with Crippen molar-refractivity contribution in [2.24, 2.45) is 5.41 Å². The average Bonchev–Trinajstić information content (AvgIpc) is 3.86. The number of nitro benzene ring substituents is 1. The number of ether oxygens (including phenoxy) is 4. The molecule has 6 aliphatic heterocycles. The number of nitrogens with one attached hydrogen (secondary N) is 3. The van der Waals surface area contributed by atoms with Crippen LogP contribution in [0.15, 0.2) is 77.8 Å². The number of aromatic amines is 1. The van der Waals surface area contributed by atoms with Crippen molar-refractivity contribution in [3.63, 3.8) is 0 Å². The average molecular weight is 1030 g/mol. The maximum atomic E-state index is 14.8. The molecule has 5 fully saturated rings. The van der Waals surface area contributed by atoms with Crippen LogP contribution in [0, 0.1) is 22.5 Å². The summed E-state index contributed by atoms with van der Waals surface area (Å²) in [5.74, 6) is -0.488. The van der Waals surface area contributed by atoms with Crippen molar-refractivity contribution in [2.75, 3.05) is 101 Å². The van der Waals surface area contributed by atoms with E-state index in [1.165, 1.54) is 17.2 Å². The molecule has 5 aromatic rings.